The Balaban J connectivity index is 1.39. The molecular weight excluding hydrogens is 560 g/mol. The van der Waals surface area contributed by atoms with Crippen LogP contribution in [0.2, 0.25) is 0 Å². The normalized spacial score (nSPS) is 20.5. The maximum Gasteiger partial charge on any atom is 0.408 e. The number of ether oxygens (including phenoxy) is 2. The van der Waals surface area contributed by atoms with E-state index < -0.39 is 42.6 Å². The summed E-state index contributed by atoms with van der Waals surface area (Å²) >= 11 is 0. The molecule has 1 saturated heterocycles. The van der Waals surface area contributed by atoms with Crippen LogP contribution in [0.15, 0.2) is 52.9 Å². The molecule has 42 heavy (non-hydrogen) atoms. The van der Waals surface area contributed by atoms with E-state index >= 15 is 0 Å². The Morgan fingerprint density at radius 1 is 1.19 bits per heavy atom. The minimum absolute atomic E-state index is 0.0242. The van der Waals surface area contributed by atoms with E-state index in [2.05, 4.69) is 15.6 Å². The predicted octanol–water partition coefficient (Wildman–Crippen LogP) is 5.97. The first kappa shape index (κ1) is 29.6. The van der Waals surface area contributed by atoms with E-state index in [1.165, 1.54) is 12.0 Å². The lowest BCUT2D eigenvalue weighted by Crippen LogP contribution is -2.37. The Bertz CT molecular complexity index is 1380. The predicted molar refractivity (Wildman–Crippen MR) is 143 cm³/mol. The van der Waals surface area contributed by atoms with E-state index in [-0.39, 0.29) is 57.3 Å². The molecule has 1 aliphatic heterocycles. The number of rotatable bonds is 10. The summed E-state index contributed by atoms with van der Waals surface area (Å²) in [6, 6.07) is 10.6. The Labute approximate surface area is 239 Å². The fourth-order valence-corrected chi connectivity index (χ4v) is 5.49. The van der Waals surface area contributed by atoms with Crippen LogP contribution in [0.1, 0.15) is 54.8 Å². The zero-order valence-corrected chi connectivity index (χ0v) is 22.9. The number of alkyl halides is 4. The van der Waals surface area contributed by atoms with E-state index in [0.29, 0.717) is 16.7 Å². The number of methoxy groups -OCH3 is 1. The van der Waals surface area contributed by atoms with E-state index in [1.807, 2.05) is 30.3 Å². The van der Waals surface area contributed by atoms with Crippen molar-refractivity contribution in [3.05, 3.63) is 65.5 Å². The molecule has 13 heteroatoms. The number of urea groups is 1. The van der Waals surface area contributed by atoms with Crippen molar-refractivity contribution in [2.75, 3.05) is 20.3 Å². The van der Waals surface area contributed by atoms with Crippen molar-refractivity contribution in [2.24, 2.45) is 5.92 Å². The molecule has 3 atom stereocenters. The number of nitrogens with zero attached hydrogens (tertiary/aromatic N) is 2. The quantitative estimate of drug-likeness (QED) is 0.281. The third kappa shape index (κ3) is 6.77. The number of benzene rings is 2. The average Bonchev–Trinajstić information content (AvgIpc) is 3.57. The molecule has 0 spiro atoms. The number of carbonyl (C=O) groups excluding carboxylic acids is 2. The minimum atomic E-state index is -2.77. The van der Waals surface area contributed by atoms with Crippen LogP contribution >= 0.6 is 0 Å². The van der Waals surface area contributed by atoms with Crippen LogP contribution in [0.25, 0.3) is 11.1 Å². The smallest absolute Gasteiger partial charge is 0.408 e. The van der Waals surface area contributed by atoms with Gasteiger partial charge in [-0.1, -0.05) is 36.4 Å². The summed E-state index contributed by atoms with van der Waals surface area (Å²) in [5.74, 6) is -3.01. The van der Waals surface area contributed by atoms with Crippen LogP contribution in [0.4, 0.5) is 27.2 Å². The highest BCUT2D eigenvalue weighted by Gasteiger charge is 2.41. The van der Waals surface area contributed by atoms with Crippen molar-refractivity contribution in [1.29, 1.82) is 0 Å². The number of aromatic nitrogens is 1. The number of fused-ring (bicyclic) bond motifs is 1. The maximum atomic E-state index is 14.0. The number of amides is 3. The first-order valence-electron chi connectivity index (χ1n) is 13.7. The van der Waals surface area contributed by atoms with Gasteiger partial charge in [0.15, 0.2) is 5.58 Å². The highest BCUT2D eigenvalue weighted by Crippen LogP contribution is 2.42. The molecule has 2 heterocycles. The number of hydrogen-bond acceptors (Lipinski definition) is 6. The third-order valence-electron chi connectivity index (χ3n) is 7.77. The van der Waals surface area contributed by atoms with Gasteiger partial charge in [0.05, 0.1) is 12.6 Å². The molecule has 2 fully saturated rings. The number of alkyl carbamates (subject to hydrolysis) is 1. The minimum Gasteiger partial charge on any atom is -0.445 e. The molecule has 0 radical (unpaired) electrons. The van der Waals surface area contributed by atoms with Gasteiger partial charge in [-0.3, -0.25) is 0 Å². The Kier molecular flexibility index (Phi) is 8.85. The standard InChI is InChI=1S/C29H32F4N4O5/c1-40-16-22(37-14-21(25(30)31)35-27(37)38)19-7-8-23-20(13-19)34-26(42-23)24(18-9-11-29(32,33)12-10-18)36-28(39)41-15-17-5-3-2-4-6-17/h2-8,13,18,21-22,24-25H,9-12,14-16H2,1H3,(H,35,38)(H,36,39)/t21-,22-,24-/m0/s1. The third-order valence-corrected chi connectivity index (χ3v) is 7.77. The average molecular weight is 593 g/mol. The number of oxazole rings is 1. The Hall–Kier alpha value is -3.87. The van der Waals surface area contributed by atoms with E-state index in [1.54, 1.807) is 18.2 Å². The lowest BCUT2D eigenvalue weighted by atomic mass is 9.82. The molecule has 226 valence electrons. The summed E-state index contributed by atoms with van der Waals surface area (Å²) in [6.45, 7) is -0.125. The molecule has 1 aromatic heterocycles. The molecule has 1 aliphatic carbocycles. The molecule has 0 bridgehead atoms. The lowest BCUT2D eigenvalue weighted by molar-refractivity contribution is -0.0505. The van der Waals surface area contributed by atoms with Gasteiger partial charge in [0.1, 0.15) is 24.2 Å². The summed E-state index contributed by atoms with van der Waals surface area (Å²) in [5.41, 5.74) is 2.12. The van der Waals surface area contributed by atoms with Gasteiger partial charge in [0.25, 0.3) is 6.43 Å². The molecule has 1 saturated carbocycles. The van der Waals surface area contributed by atoms with E-state index in [0.717, 1.165) is 5.56 Å². The van der Waals surface area contributed by atoms with E-state index in [9.17, 15) is 27.2 Å². The first-order chi connectivity index (χ1) is 20.1. The second-order valence-corrected chi connectivity index (χ2v) is 10.7. The highest BCUT2D eigenvalue weighted by molar-refractivity contribution is 5.78. The van der Waals surface area contributed by atoms with Gasteiger partial charge in [-0.05, 0) is 42.0 Å². The zero-order valence-electron chi connectivity index (χ0n) is 22.9. The fourth-order valence-electron chi connectivity index (χ4n) is 5.49. The maximum absolute atomic E-state index is 14.0. The fraction of sp³-hybridized carbons (Fsp3) is 0.483. The van der Waals surface area contributed by atoms with Gasteiger partial charge >= 0.3 is 12.1 Å². The van der Waals surface area contributed by atoms with Crippen molar-refractivity contribution in [3.63, 3.8) is 0 Å². The molecule has 0 unspecified atom stereocenters. The van der Waals surface area contributed by atoms with Crippen molar-refractivity contribution >= 4 is 23.2 Å². The van der Waals surface area contributed by atoms with Crippen LogP contribution in [0.3, 0.4) is 0 Å². The van der Waals surface area contributed by atoms with Gasteiger partial charge in [0.2, 0.25) is 11.8 Å². The summed E-state index contributed by atoms with van der Waals surface area (Å²) < 4.78 is 71.1. The SMILES string of the molecule is COC[C@@H](c1ccc2oc([C@@H](NC(=O)OCc3ccccc3)C3CCC(F)(F)CC3)nc2c1)N1C[C@@H](C(F)F)NC1=O. The summed E-state index contributed by atoms with van der Waals surface area (Å²) in [6.07, 6.45) is -3.81. The lowest BCUT2D eigenvalue weighted by Gasteiger charge is -2.32. The molecule has 9 nitrogen and oxygen atoms in total. The molecular formula is C29H32F4N4O5. The summed E-state index contributed by atoms with van der Waals surface area (Å²) in [7, 11) is 1.44. The second kappa shape index (κ2) is 12.6. The van der Waals surface area contributed by atoms with Crippen LogP contribution in [0, 0.1) is 5.92 Å². The van der Waals surface area contributed by atoms with Gasteiger partial charge in [-0.25, -0.2) is 32.1 Å². The highest BCUT2D eigenvalue weighted by atomic mass is 19.3. The number of halogens is 4. The second-order valence-electron chi connectivity index (χ2n) is 10.7. The topological polar surface area (TPSA) is 106 Å². The number of carbonyl (C=O) groups is 2. The van der Waals surface area contributed by atoms with Crippen LogP contribution in [0.5, 0.6) is 0 Å². The molecule has 2 aliphatic rings. The summed E-state index contributed by atoms with van der Waals surface area (Å²) in [5, 5.41) is 5.06. The van der Waals surface area contributed by atoms with Crippen molar-refractivity contribution in [1.82, 2.24) is 20.5 Å². The van der Waals surface area contributed by atoms with Gasteiger partial charge < -0.3 is 29.4 Å². The first-order valence-corrected chi connectivity index (χ1v) is 13.7. The van der Waals surface area contributed by atoms with E-state index in [4.69, 9.17) is 13.9 Å². The largest absolute Gasteiger partial charge is 0.445 e. The van der Waals surface area contributed by atoms with Crippen LogP contribution in [-0.2, 0) is 16.1 Å². The molecule has 2 aromatic carbocycles. The van der Waals surface area contributed by atoms with Crippen LogP contribution < -0.4 is 10.6 Å². The molecule has 2 N–H and O–H groups in total. The van der Waals surface area contributed by atoms with Crippen molar-refractivity contribution in [2.45, 2.75) is 62.8 Å². The Morgan fingerprint density at radius 3 is 2.60 bits per heavy atom. The summed E-state index contributed by atoms with van der Waals surface area (Å²) in [4.78, 5) is 31.2. The monoisotopic (exact) mass is 592 g/mol. The molecule has 3 amide bonds. The zero-order chi connectivity index (χ0) is 29.9. The van der Waals surface area contributed by atoms with Gasteiger partial charge in [0, 0.05) is 26.5 Å². The van der Waals surface area contributed by atoms with Gasteiger partial charge in [-0.2, -0.15) is 0 Å². The van der Waals surface area contributed by atoms with Crippen molar-refractivity contribution in [3.8, 4) is 0 Å². The van der Waals surface area contributed by atoms with Gasteiger partial charge in [-0.15, -0.1) is 0 Å². The number of hydrogen-bond donors (Lipinski definition) is 2. The van der Waals surface area contributed by atoms with Crippen LogP contribution in [-0.4, -0.2) is 60.7 Å². The Morgan fingerprint density at radius 2 is 1.93 bits per heavy atom. The number of nitrogens with one attached hydrogen (secondary N) is 2. The molecule has 3 aromatic rings. The van der Waals surface area contributed by atoms with Crippen molar-refractivity contribution < 1.29 is 41.0 Å². The molecule has 5 rings (SSSR count).